The third-order valence-electron chi connectivity index (χ3n) is 3.86. The average molecular weight is 348 g/mol. The Morgan fingerprint density at radius 1 is 1.04 bits per heavy atom. The zero-order chi connectivity index (χ0) is 16.9. The molecule has 0 radical (unpaired) electrons. The van der Waals surface area contributed by atoms with Crippen LogP contribution in [0.2, 0.25) is 0 Å². The quantitative estimate of drug-likeness (QED) is 0.797. The normalized spacial score (nSPS) is 14.7. The van der Waals surface area contributed by atoms with Crippen LogP contribution in [0, 0.1) is 5.82 Å². The van der Waals surface area contributed by atoms with Crippen molar-refractivity contribution in [1.29, 1.82) is 0 Å². The van der Waals surface area contributed by atoms with Gasteiger partial charge in [0.25, 0.3) is 5.91 Å². The number of halogens is 1. The Balaban J connectivity index is 1.46. The molecule has 7 heteroatoms. The van der Waals surface area contributed by atoms with Gasteiger partial charge in [-0.05, 0) is 30.3 Å². The van der Waals surface area contributed by atoms with E-state index < -0.39 is 0 Å². The molecule has 0 unspecified atom stereocenters. The Labute approximate surface area is 143 Å². The van der Waals surface area contributed by atoms with Crippen LogP contribution in [0.4, 0.5) is 4.39 Å². The van der Waals surface area contributed by atoms with E-state index in [1.807, 2.05) is 0 Å². The molecule has 2 heterocycles. The maximum atomic E-state index is 12.9. The van der Waals surface area contributed by atoms with Crippen molar-refractivity contribution in [3.8, 4) is 0 Å². The molecule has 0 atom stereocenters. The fourth-order valence-corrected chi connectivity index (χ4v) is 3.30. The molecule has 1 aliphatic rings. The maximum absolute atomic E-state index is 12.9. The predicted octanol–water partition coefficient (Wildman–Crippen LogP) is 2.50. The summed E-state index contributed by atoms with van der Waals surface area (Å²) in [7, 11) is 0. The van der Waals surface area contributed by atoms with Gasteiger partial charge in [0.15, 0.2) is 0 Å². The summed E-state index contributed by atoms with van der Waals surface area (Å²) >= 11 is 1.39. The van der Waals surface area contributed by atoms with Crippen LogP contribution in [0.25, 0.3) is 0 Å². The number of hydrogen-bond donors (Lipinski definition) is 0. The van der Waals surface area contributed by atoms with Gasteiger partial charge in [-0.3, -0.25) is 9.59 Å². The van der Waals surface area contributed by atoms with Crippen molar-refractivity contribution in [1.82, 2.24) is 9.80 Å². The van der Waals surface area contributed by atoms with Gasteiger partial charge in [0, 0.05) is 31.1 Å². The van der Waals surface area contributed by atoms with Crippen LogP contribution in [0.3, 0.4) is 0 Å². The molecule has 5 nitrogen and oxygen atoms in total. The van der Waals surface area contributed by atoms with Gasteiger partial charge in [-0.1, -0.05) is 0 Å². The number of furan rings is 1. The molecule has 1 aromatic heterocycles. The molecular formula is C17H17FN2O3S. The highest BCUT2D eigenvalue weighted by Crippen LogP contribution is 2.19. The minimum absolute atomic E-state index is 0.0275. The van der Waals surface area contributed by atoms with Crippen LogP contribution in [-0.2, 0) is 4.79 Å². The number of rotatable bonds is 4. The van der Waals surface area contributed by atoms with Gasteiger partial charge in [0.1, 0.15) is 12.1 Å². The number of thioether (sulfide) groups is 1. The predicted molar refractivity (Wildman–Crippen MR) is 88.3 cm³/mol. The van der Waals surface area contributed by atoms with Crippen LogP contribution in [0.1, 0.15) is 10.4 Å². The summed E-state index contributed by atoms with van der Waals surface area (Å²) in [4.78, 5) is 28.8. The molecule has 126 valence electrons. The topological polar surface area (TPSA) is 53.8 Å². The van der Waals surface area contributed by atoms with Gasteiger partial charge < -0.3 is 14.2 Å². The van der Waals surface area contributed by atoms with E-state index >= 15 is 0 Å². The average Bonchev–Trinajstić information content (AvgIpc) is 3.15. The van der Waals surface area contributed by atoms with Gasteiger partial charge in [0.05, 0.1) is 17.6 Å². The molecule has 0 aliphatic carbocycles. The first-order chi connectivity index (χ1) is 11.6. The van der Waals surface area contributed by atoms with Crippen LogP contribution in [0.15, 0.2) is 52.2 Å². The van der Waals surface area contributed by atoms with E-state index in [0.29, 0.717) is 37.5 Å². The van der Waals surface area contributed by atoms with E-state index in [0.717, 1.165) is 4.90 Å². The third kappa shape index (κ3) is 3.97. The number of carbonyl (C=O) groups excluding carboxylic acids is 2. The lowest BCUT2D eigenvalue weighted by Crippen LogP contribution is -2.51. The Morgan fingerprint density at radius 2 is 1.71 bits per heavy atom. The minimum Gasteiger partial charge on any atom is -0.472 e. The largest absolute Gasteiger partial charge is 0.472 e. The van der Waals surface area contributed by atoms with Gasteiger partial charge in [0.2, 0.25) is 5.91 Å². The summed E-state index contributed by atoms with van der Waals surface area (Å²) in [6, 6.07) is 7.73. The van der Waals surface area contributed by atoms with Crippen LogP contribution >= 0.6 is 11.8 Å². The first-order valence-corrected chi connectivity index (χ1v) is 8.59. The second-order valence-electron chi connectivity index (χ2n) is 5.43. The molecule has 0 N–H and O–H groups in total. The SMILES string of the molecule is O=C(CSc1ccc(F)cc1)N1CCN(C(=O)c2ccoc2)CC1. The van der Waals surface area contributed by atoms with E-state index in [1.165, 1.54) is 36.4 Å². The number of amides is 2. The summed E-state index contributed by atoms with van der Waals surface area (Å²) < 4.78 is 17.8. The summed E-state index contributed by atoms with van der Waals surface area (Å²) in [5, 5.41) is 0. The Morgan fingerprint density at radius 3 is 2.33 bits per heavy atom. The zero-order valence-electron chi connectivity index (χ0n) is 13.0. The molecule has 1 aromatic carbocycles. The molecule has 24 heavy (non-hydrogen) atoms. The first kappa shape index (κ1) is 16.6. The third-order valence-corrected chi connectivity index (χ3v) is 4.86. The maximum Gasteiger partial charge on any atom is 0.257 e. The molecule has 1 fully saturated rings. The summed E-state index contributed by atoms with van der Waals surface area (Å²) in [6.45, 7) is 2.06. The van der Waals surface area contributed by atoms with E-state index in [9.17, 15) is 14.0 Å². The highest BCUT2D eigenvalue weighted by atomic mass is 32.2. The van der Waals surface area contributed by atoms with E-state index in [2.05, 4.69) is 0 Å². The summed E-state index contributed by atoms with van der Waals surface area (Å²) in [5.41, 5.74) is 0.529. The van der Waals surface area contributed by atoms with Crippen molar-refractivity contribution >= 4 is 23.6 Å². The standard InChI is InChI=1S/C17H17FN2O3S/c18-14-1-3-15(4-2-14)24-12-16(21)19-6-8-20(9-7-19)17(22)13-5-10-23-11-13/h1-5,10-11H,6-9,12H2. The van der Waals surface area contributed by atoms with Crippen molar-refractivity contribution in [3.05, 3.63) is 54.2 Å². The number of carbonyl (C=O) groups is 2. The monoisotopic (exact) mass is 348 g/mol. The Hall–Kier alpha value is -2.28. The van der Waals surface area contributed by atoms with Gasteiger partial charge in [-0.2, -0.15) is 0 Å². The van der Waals surface area contributed by atoms with Crippen LogP contribution in [0.5, 0.6) is 0 Å². The molecule has 0 saturated carbocycles. The smallest absolute Gasteiger partial charge is 0.257 e. The fraction of sp³-hybridized carbons (Fsp3) is 0.294. The molecule has 2 aromatic rings. The van der Waals surface area contributed by atoms with Crippen LogP contribution < -0.4 is 0 Å². The van der Waals surface area contributed by atoms with E-state index in [-0.39, 0.29) is 17.6 Å². The van der Waals surface area contributed by atoms with Gasteiger partial charge in [-0.25, -0.2) is 4.39 Å². The second-order valence-corrected chi connectivity index (χ2v) is 6.48. The number of piperazine rings is 1. The zero-order valence-corrected chi connectivity index (χ0v) is 13.8. The lowest BCUT2D eigenvalue weighted by Gasteiger charge is -2.34. The fourth-order valence-electron chi connectivity index (χ4n) is 2.49. The number of nitrogens with zero attached hydrogens (tertiary/aromatic N) is 2. The lowest BCUT2D eigenvalue weighted by molar-refractivity contribution is -0.129. The Bertz CT molecular complexity index is 695. The molecule has 0 spiro atoms. The van der Waals surface area contributed by atoms with E-state index in [4.69, 9.17) is 4.42 Å². The van der Waals surface area contributed by atoms with Crippen molar-refractivity contribution in [2.75, 3.05) is 31.9 Å². The molecule has 2 amide bonds. The first-order valence-electron chi connectivity index (χ1n) is 7.61. The number of benzene rings is 1. The van der Waals surface area contributed by atoms with Crippen molar-refractivity contribution < 1.29 is 18.4 Å². The van der Waals surface area contributed by atoms with Crippen molar-refractivity contribution in [3.63, 3.8) is 0 Å². The van der Waals surface area contributed by atoms with Crippen molar-refractivity contribution in [2.24, 2.45) is 0 Å². The van der Waals surface area contributed by atoms with Gasteiger partial charge in [-0.15, -0.1) is 11.8 Å². The number of hydrogen-bond acceptors (Lipinski definition) is 4. The molecular weight excluding hydrogens is 331 g/mol. The molecule has 0 bridgehead atoms. The minimum atomic E-state index is -0.288. The molecule has 1 saturated heterocycles. The second kappa shape index (κ2) is 7.53. The lowest BCUT2D eigenvalue weighted by atomic mass is 10.2. The van der Waals surface area contributed by atoms with Crippen LogP contribution in [-0.4, -0.2) is 53.5 Å². The van der Waals surface area contributed by atoms with Crippen molar-refractivity contribution in [2.45, 2.75) is 4.90 Å². The molecule has 1 aliphatic heterocycles. The summed E-state index contributed by atoms with van der Waals surface area (Å²) in [6.07, 6.45) is 2.90. The highest BCUT2D eigenvalue weighted by Gasteiger charge is 2.25. The van der Waals surface area contributed by atoms with E-state index in [1.54, 1.807) is 28.0 Å². The highest BCUT2D eigenvalue weighted by molar-refractivity contribution is 8.00. The van der Waals surface area contributed by atoms with Gasteiger partial charge >= 0.3 is 0 Å². The Kier molecular flexibility index (Phi) is 5.20. The summed E-state index contributed by atoms with van der Waals surface area (Å²) in [5.74, 6) is -0.0261. The molecule has 3 rings (SSSR count).